The molecule has 0 aromatic carbocycles. The number of nitrogens with one attached hydrogen (secondary N) is 1. The van der Waals surface area contributed by atoms with Gasteiger partial charge in [0.25, 0.3) is 0 Å². The molecule has 1 N–H and O–H groups in total. The predicted molar refractivity (Wildman–Crippen MR) is 67.8 cm³/mol. The molecule has 0 aliphatic heterocycles. The number of nitrogens with zero attached hydrogens (tertiary/aromatic N) is 2. The maximum Gasteiger partial charge on any atom is 0.135 e. The molecule has 0 radical (unpaired) electrons. The highest BCUT2D eigenvalue weighted by atomic mass is 32.1. The molecule has 0 amide bonds. The van der Waals surface area contributed by atoms with Gasteiger partial charge in [-0.25, -0.2) is 4.98 Å². The first kappa shape index (κ1) is 10.4. The molecule has 0 spiro atoms. The molecule has 2 heterocycles. The molecule has 3 nitrogen and oxygen atoms in total. The van der Waals surface area contributed by atoms with E-state index in [2.05, 4.69) is 22.2 Å². The quantitative estimate of drug-likeness (QED) is 0.908. The summed E-state index contributed by atoms with van der Waals surface area (Å²) in [6.07, 6.45) is 4.56. The maximum atomic E-state index is 4.60. The number of aryl methyl sites for hydroxylation is 1. The predicted octanol–water partition coefficient (Wildman–Crippen LogP) is 2.83. The van der Waals surface area contributed by atoms with E-state index >= 15 is 0 Å². The molecule has 3 rings (SSSR count). The molecule has 1 aliphatic carbocycles. The Morgan fingerprint density at radius 3 is 3.06 bits per heavy atom. The summed E-state index contributed by atoms with van der Waals surface area (Å²) in [7, 11) is 0. The van der Waals surface area contributed by atoms with Gasteiger partial charge >= 0.3 is 0 Å². The number of rotatable bonds is 4. The monoisotopic (exact) mass is 251 g/mol. The Morgan fingerprint density at radius 1 is 1.50 bits per heavy atom. The average molecular weight is 251 g/mol. The van der Waals surface area contributed by atoms with Crippen LogP contribution in [0.2, 0.25) is 0 Å². The minimum atomic E-state index is 0.758. The van der Waals surface area contributed by atoms with Crippen molar-refractivity contribution in [1.82, 2.24) is 15.3 Å². The largest absolute Gasteiger partial charge is 0.309 e. The minimum Gasteiger partial charge on any atom is -0.309 e. The van der Waals surface area contributed by atoms with E-state index in [1.54, 1.807) is 22.7 Å². The smallest absolute Gasteiger partial charge is 0.135 e. The van der Waals surface area contributed by atoms with Crippen molar-refractivity contribution in [3.8, 4) is 9.88 Å². The van der Waals surface area contributed by atoms with Crippen LogP contribution in [0.15, 0.2) is 11.7 Å². The second-order valence-electron chi connectivity index (χ2n) is 4.05. The van der Waals surface area contributed by atoms with E-state index in [-0.39, 0.29) is 0 Å². The SMILES string of the molecule is Cc1nc(-c2cncs2)sc1CNC1CC1. The number of thiazole rings is 2. The molecule has 5 heteroatoms. The van der Waals surface area contributed by atoms with Gasteiger partial charge in [0, 0.05) is 23.7 Å². The van der Waals surface area contributed by atoms with E-state index in [0.29, 0.717) is 0 Å². The second-order valence-corrected chi connectivity index (χ2v) is 6.02. The molecule has 84 valence electrons. The van der Waals surface area contributed by atoms with Gasteiger partial charge in [-0.05, 0) is 19.8 Å². The Kier molecular flexibility index (Phi) is 2.75. The van der Waals surface area contributed by atoms with Crippen molar-refractivity contribution < 1.29 is 0 Å². The van der Waals surface area contributed by atoms with Crippen LogP contribution in [0.4, 0.5) is 0 Å². The van der Waals surface area contributed by atoms with Crippen molar-refractivity contribution in [3.63, 3.8) is 0 Å². The Morgan fingerprint density at radius 2 is 2.38 bits per heavy atom. The first-order valence-electron chi connectivity index (χ1n) is 5.41. The van der Waals surface area contributed by atoms with E-state index in [1.165, 1.54) is 22.6 Å². The third-order valence-corrected chi connectivity index (χ3v) is 4.76. The summed E-state index contributed by atoms with van der Waals surface area (Å²) < 4.78 is 0. The van der Waals surface area contributed by atoms with Gasteiger partial charge in [-0.2, -0.15) is 0 Å². The summed E-state index contributed by atoms with van der Waals surface area (Å²) in [4.78, 5) is 11.2. The van der Waals surface area contributed by atoms with Crippen LogP contribution in [0, 0.1) is 6.92 Å². The van der Waals surface area contributed by atoms with Gasteiger partial charge in [0.2, 0.25) is 0 Å². The van der Waals surface area contributed by atoms with Crippen LogP contribution < -0.4 is 5.32 Å². The van der Waals surface area contributed by atoms with E-state index in [0.717, 1.165) is 23.3 Å². The Hall–Kier alpha value is -0.780. The highest BCUT2D eigenvalue weighted by molar-refractivity contribution is 7.20. The molecule has 1 saturated carbocycles. The molecular weight excluding hydrogens is 238 g/mol. The Labute approximate surface area is 103 Å². The molecule has 2 aromatic rings. The summed E-state index contributed by atoms with van der Waals surface area (Å²) >= 11 is 3.43. The van der Waals surface area contributed by atoms with Crippen LogP contribution in [0.25, 0.3) is 9.88 Å². The topological polar surface area (TPSA) is 37.8 Å². The van der Waals surface area contributed by atoms with Gasteiger partial charge in [-0.3, -0.25) is 4.98 Å². The van der Waals surface area contributed by atoms with Crippen LogP contribution in [-0.2, 0) is 6.54 Å². The molecule has 0 atom stereocenters. The molecule has 16 heavy (non-hydrogen) atoms. The van der Waals surface area contributed by atoms with Crippen LogP contribution in [0.1, 0.15) is 23.4 Å². The van der Waals surface area contributed by atoms with Gasteiger partial charge in [0.1, 0.15) is 5.01 Å². The van der Waals surface area contributed by atoms with Crippen LogP contribution in [0.5, 0.6) is 0 Å². The molecule has 1 fully saturated rings. The lowest BCUT2D eigenvalue weighted by Crippen LogP contribution is -2.14. The van der Waals surface area contributed by atoms with Crippen LogP contribution in [-0.4, -0.2) is 16.0 Å². The summed E-state index contributed by atoms with van der Waals surface area (Å²) in [5.74, 6) is 0. The summed E-state index contributed by atoms with van der Waals surface area (Å²) in [5, 5.41) is 4.63. The lowest BCUT2D eigenvalue weighted by atomic mass is 10.4. The van der Waals surface area contributed by atoms with Gasteiger partial charge < -0.3 is 5.32 Å². The third-order valence-electron chi connectivity index (χ3n) is 2.66. The Balaban J connectivity index is 1.78. The second kappa shape index (κ2) is 4.24. The number of hydrogen-bond donors (Lipinski definition) is 1. The van der Waals surface area contributed by atoms with Gasteiger partial charge in [0.15, 0.2) is 0 Å². The van der Waals surface area contributed by atoms with E-state index in [1.807, 2.05) is 11.7 Å². The summed E-state index contributed by atoms with van der Waals surface area (Å²) in [6.45, 7) is 3.05. The average Bonchev–Trinajstić information content (AvgIpc) is 2.80. The zero-order valence-corrected chi connectivity index (χ0v) is 10.7. The fraction of sp³-hybridized carbons (Fsp3) is 0.455. The van der Waals surface area contributed by atoms with Crippen molar-refractivity contribution in [2.45, 2.75) is 32.4 Å². The highest BCUT2D eigenvalue weighted by Gasteiger charge is 2.21. The molecule has 1 aliphatic rings. The summed E-state index contributed by atoms with van der Waals surface area (Å²) in [6, 6.07) is 0.758. The van der Waals surface area contributed by atoms with Gasteiger partial charge in [0.05, 0.1) is 16.1 Å². The highest BCUT2D eigenvalue weighted by Crippen LogP contribution is 2.30. The fourth-order valence-electron chi connectivity index (χ4n) is 1.54. The van der Waals surface area contributed by atoms with Crippen LogP contribution in [0.3, 0.4) is 0 Å². The van der Waals surface area contributed by atoms with Crippen molar-refractivity contribution in [2.75, 3.05) is 0 Å². The normalized spacial score (nSPS) is 15.6. The molecule has 0 saturated heterocycles. The zero-order valence-electron chi connectivity index (χ0n) is 9.06. The first-order chi connectivity index (χ1) is 7.83. The Bertz CT molecular complexity index is 471. The van der Waals surface area contributed by atoms with E-state index in [9.17, 15) is 0 Å². The zero-order chi connectivity index (χ0) is 11.0. The number of hydrogen-bond acceptors (Lipinski definition) is 5. The molecular formula is C11H13N3S2. The summed E-state index contributed by atoms with van der Waals surface area (Å²) in [5.41, 5.74) is 3.01. The lowest BCUT2D eigenvalue weighted by molar-refractivity contribution is 0.691. The molecule has 2 aromatic heterocycles. The maximum absolute atomic E-state index is 4.60. The van der Waals surface area contributed by atoms with Gasteiger partial charge in [-0.15, -0.1) is 22.7 Å². The number of aromatic nitrogens is 2. The van der Waals surface area contributed by atoms with Gasteiger partial charge in [-0.1, -0.05) is 0 Å². The van der Waals surface area contributed by atoms with Crippen molar-refractivity contribution in [1.29, 1.82) is 0 Å². The standard InChI is InChI=1S/C11H13N3S2/c1-7-9(5-13-8-2-3-8)16-11(14-7)10-4-12-6-15-10/h4,6,8,13H,2-3,5H2,1H3. The van der Waals surface area contributed by atoms with E-state index < -0.39 is 0 Å². The van der Waals surface area contributed by atoms with Crippen LogP contribution >= 0.6 is 22.7 Å². The van der Waals surface area contributed by atoms with E-state index in [4.69, 9.17) is 0 Å². The van der Waals surface area contributed by atoms with Crippen molar-refractivity contribution in [3.05, 3.63) is 22.3 Å². The molecule has 0 unspecified atom stereocenters. The van der Waals surface area contributed by atoms with Crippen molar-refractivity contribution >= 4 is 22.7 Å². The first-order valence-corrected chi connectivity index (χ1v) is 7.11. The lowest BCUT2D eigenvalue weighted by Gasteiger charge is -1.99. The molecule has 0 bridgehead atoms. The minimum absolute atomic E-state index is 0.758. The van der Waals surface area contributed by atoms with Crippen molar-refractivity contribution in [2.24, 2.45) is 0 Å². The fourth-order valence-corrected chi connectivity index (χ4v) is 3.23. The third kappa shape index (κ3) is 2.16.